The van der Waals surface area contributed by atoms with Crippen LogP contribution < -0.4 is 4.90 Å². The number of benzene rings is 9. The van der Waals surface area contributed by atoms with Gasteiger partial charge in [0, 0.05) is 31.9 Å². The molecule has 0 amide bonds. The van der Waals surface area contributed by atoms with E-state index in [0.29, 0.717) is 0 Å². The fraction of sp³-hybridized carbons (Fsp3) is 0.0566. The van der Waals surface area contributed by atoms with Gasteiger partial charge in [-0.15, -0.1) is 11.3 Å². The van der Waals surface area contributed by atoms with E-state index in [1.54, 1.807) is 0 Å². The summed E-state index contributed by atoms with van der Waals surface area (Å²) in [6.45, 7) is 4.71. The minimum Gasteiger partial charge on any atom is -0.310 e. The Labute approximate surface area is 325 Å². The van der Waals surface area contributed by atoms with E-state index in [-0.39, 0.29) is 5.41 Å². The van der Waals surface area contributed by atoms with Crippen molar-refractivity contribution >= 4 is 71.5 Å². The van der Waals surface area contributed by atoms with E-state index in [0.717, 1.165) is 5.69 Å². The van der Waals surface area contributed by atoms with Crippen molar-refractivity contribution in [2.45, 2.75) is 19.3 Å². The second-order valence-electron chi connectivity index (χ2n) is 15.3. The molecule has 1 nitrogen and oxygen atoms in total. The van der Waals surface area contributed by atoms with Gasteiger partial charge in [0.2, 0.25) is 0 Å². The van der Waals surface area contributed by atoms with Crippen LogP contribution in [0.5, 0.6) is 0 Å². The summed E-state index contributed by atoms with van der Waals surface area (Å²) in [5.74, 6) is 0. The summed E-state index contributed by atoms with van der Waals surface area (Å²) < 4.78 is 0. The van der Waals surface area contributed by atoms with Gasteiger partial charge in [-0.25, -0.2) is 0 Å². The Hall–Kier alpha value is -6.48. The summed E-state index contributed by atoms with van der Waals surface area (Å²) in [5, 5.41) is 10.3. The molecular formula is C53H37NS. The van der Waals surface area contributed by atoms with Crippen LogP contribution in [0.3, 0.4) is 0 Å². The van der Waals surface area contributed by atoms with Crippen molar-refractivity contribution in [2.24, 2.45) is 0 Å². The summed E-state index contributed by atoms with van der Waals surface area (Å²) >= 11 is 1.86. The molecule has 11 rings (SSSR count). The quantitative estimate of drug-likeness (QED) is 0.160. The van der Waals surface area contributed by atoms with E-state index >= 15 is 0 Å². The molecule has 1 aliphatic rings. The lowest BCUT2D eigenvalue weighted by atomic mass is 9.82. The normalized spacial score (nSPS) is 13.1. The Morgan fingerprint density at radius 3 is 1.67 bits per heavy atom. The average molecular weight is 720 g/mol. The maximum absolute atomic E-state index is 2.44. The second-order valence-corrected chi connectivity index (χ2v) is 16.4. The number of hydrogen-bond donors (Lipinski definition) is 0. The molecule has 0 aliphatic heterocycles. The molecule has 9 aromatic carbocycles. The van der Waals surface area contributed by atoms with Crippen molar-refractivity contribution < 1.29 is 0 Å². The molecule has 2 heteroatoms. The zero-order valence-corrected chi connectivity index (χ0v) is 31.6. The molecule has 0 fully saturated rings. The lowest BCUT2D eigenvalue weighted by molar-refractivity contribution is 0.660. The summed E-state index contributed by atoms with van der Waals surface area (Å²) in [7, 11) is 0. The fourth-order valence-corrected chi connectivity index (χ4v) is 10.2. The van der Waals surface area contributed by atoms with Crippen LogP contribution >= 0.6 is 11.3 Å². The molecule has 0 unspecified atom stereocenters. The molecule has 0 saturated heterocycles. The molecule has 0 saturated carbocycles. The highest BCUT2D eigenvalue weighted by atomic mass is 32.1. The van der Waals surface area contributed by atoms with Crippen molar-refractivity contribution in [1.82, 2.24) is 0 Å². The van der Waals surface area contributed by atoms with Crippen LogP contribution in [0.4, 0.5) is 17.1 Å². The molecule has 0 bridgehead atoms. The fourth-order valence-electron chi connectivity index (χ4n) is 9.15. The first-order valence-corrected chi connectivity index (χ1v) is 19.9. The van der Waals surface area contributed by atoms with Gasteiger partial charge in [-0.1, -0.05) is 153 Å². The Morgan fingerprint density at radius 1 is 0.382 bits per heavy atom. The van der Waals surface area contributed by atoms with Crippen molar-refractivity contribution in [3.8, 4) is 32.0 Å². The van der Waals surface area contributed by atoms with Crippen molar-refractivity contribution in [3.05, 3.63) is 199 Å². The third kappa shape index (κ3) is 4.99. The number of fused-ring (bicyclic) bond motifs is 10. The second kappa shape index (κ2) is 12.3. The van der Waals surface area contributed by atoms with Gasteiger partial charge in [-0.05, 0) is 120 Å². The molecule has 1 heterocycles. The molecule has 55 heavy (non-hydrogen) atoms. The molecule has 0 atom stereocenters. The minimum absolute atomic E-state index is 0.0843. The molecule has 1 aromatic heterocycles. The summed E-state index contributed by atoms with van der Waals surface area (Å²) in [6, 6.07) is 69.6. The number of thiophene rings is 1. The van der Waals surface area contributed by atoms with Crippen molar-refractivity contribution in [3.63, 3.8) is 0 Å². The van der Waals surface area contributed by atoms with Crippen LogP contribution in [-0.2, 0) is 5.41 Å². The van der Waals surface area contributed by atoms with E-state index < -0.39 is 0 Å². The Bertz CT molecular complexity index is 3090. The zero-order valence-electron chi connectivity index (χ0n) is 30.8. The van der Waals surface area contributed by atoms with Gasteiger partial charge < -0.3 is 4.90 Å². The van der Waals surface area contributed by atoms with E-state index in [1.165, 1.54) is 97.6 Å². The maximum atomic E-state index is 2.44. The first-order chi connectivity index (χ1) is 27.0. The van der Waals surface area contributed by atoms with Gasteiger partial charge in [0.15, 0.2) is 0 Å². The maximum Gasteiger partial charge on any atom is 0.0540 e. The van der Waals surface area contributed by atoms with Crippen LogP contribution in [0, 0.1) is 0 Å². The van der Waals surface area contributed by atoms with E-state index in [2.05, 4.69) is 207 Å². The third-order valence-electron chi connectivity index (χ3n) is 11.9. The topological polar surface area (TPSA) is 3.24 Å². The summed E-state index contributed by atoms with van der Waals surface area (Å²) in [6.07, 6.45) is 0. The molecule has 0 N–H and O–H groups in total. The van der Waals surface area contributed by atoms with Gasteiger partial charge in [0.05, 0.1) is 5.69 Å². The first-order valence-electron chi connectivity index (χ1n) is 19.1. The summed E-state index contributed by atoms with van der Waals surface area (Å²) in [4.78, 5) is 4.98. The van der Waals surface area contributed by atoms with Crippen LogP contribution in [-0.4, -0.2) is 0 Å². The van der Waals surface area contributed by atoms with E-state index in [4.69, 9.17) is 0 Å². The van der Waals surface area contributed by atoms with E-state index in [9.17, 15) is 0 Å². The molecular weight excluding hydrogens is 683 g/mol. The number of anilines is 3. The van der Waals surface area contributed by atoms with Gasteiger partial charge in [0.25, 0.3) is 0 Å². The number of rotatable bonds is 5. The van der Waals surface area contributed by atoms with Crippen LogP contribution in [0.25, 0.3) is 75.1 Å². The lowest BCUT2D eigenvalue weighted by Crippen LogP contribution is -2.16. The monoisotopic (exact) mass is 719 g/mol. The SMILES string of the molecule is CC1(C)c2ccccc2-c2ccc(N(c3ccc(-c4ccc(-c5ccc6c7ccccc7c7ccccc7c6c5)s4)cc3)c3cccc4ccccc34)cc21. The Morgan fingerprint density at radius 2 is 0.927 bits per heavy atom. The smallest absolute Gasteiger partial charge is 0.0540 e. The van der Waals surface area contributed by atoms with E-state index in [1.807, 2.05) is 11.3 Å². The number of nitrogens with zero attached hydrogens (tertiary/aromatic N) is 1. The standard InChI is InChI=1S/C53H37NS/c1-53(2)48-20-10-9-19-45(48)46-29-27-38(33-49(46)53)54(50-21-11-13-34-12-3-4-14-39(34)50)37-25-22-35(23-26-37)51-30-31-52(55-51)36-24-28-44-42-17-6-5-15-40(42)41-16-7-8-18-43(41)47(44)32-36/h3-33H,1-2H3. The Kier molecular flexibility index (Phi) is 7.14. The molecule has 0 radical (unpaired) electrons. The minimum atomic E-state index is -0.0843. The molecule has 10 aromatic rings. The first kappa shape index (κ1) is 32.0. The predicted molar refractivity (Wildman–Crippen MR) is 237 cm³/mol. The van der Waals surface area contributed by atoms with Crippen LogP contribution in [0.1, 0.15) is 25.0 Å². The largest absolute Gasteiger partial charge is 0.310 e. The highest BCUT2D eigenvalue weighted by Crippen LogP contribution is 2.51. The predicted octanol–water partition coefficient (Wildman–Crippen LogP) is 15.5. The van der Waals surface area contributed by atoms with Gasteiger partial charge >= 0.3 is 0 Å². The van der Waals surface area contributed by atoms with Crippen LogP contribution in [0.15, 0.2) is 188 Å². The van der Waals surface area contributed by atoms with Gasteiger partial charge in [-0.2, -0.15) is 0 Å². The highest BCUT2D eigenvalue weighted by Gasteiger charge is 2.35. The Balaban J connectivity index is 0.990. The van der Waals surface area contributed by atoms with Crippen LogP contribution in [0.2, 0.25) is 0 Å². The molecule has 0 spiro atoms. The van der Waals surface area contributed by atoms with Gasteiger partial charge in [-0.3, -0.25) is 0 Å². The van der Waals surface area contributed by atoms with Crippen molar-refractivity contribution in [2.75, 3.05) is 4.90 Å². The highest BCUT2D eigenvalue weighted by molar-refractivity contribution is 7.18. The lowest BCUT2D eigenvalue weighted by Gasteiger charge is -2.29. The summed E-state index contributed by atoms with van der Waals surface area (Å²) in [5.41, 5.74) is 11.3. The zero-order chi connectivity index (χ0) is 36.7. The van der Waals surface area contributed by atoms with Crippen molar-refractivity contribution in [1.29, 1.82) is 0 Å². The molecule has 1 aliphatic carbocycles. The average Bonchev–Trinajstić information content (AvgIpc) is 3.82. The molecule has 260 valence electrons. The third-order valence-corrected chi connectivity index (χ3v) is 13.1. The van der Waals surface area contributed by atoms with Gasteiger partial charge in [0.1, 0.15) is 0 Å². The number of hydrogen-bond acceptors (Lipinski definition) is 2.